The molecule has 0 spiro atoms. The molecule has 1 aromatic rings. The minimum Gasteiger partial charge on any atom is -0.493 e. The Morgan fingerprint density at radius 2 is 1.93 bits per heavy atom. The Hall–Kier alpha value is -3.17. The van der Waals surface area contributed by atoms with Gasteiger partial charge in [-0.1, -0.05) is 25.5 Å². The molecule has 2 fully saturated rings. The topological polar surface area (TPSA) is 107 Å². The van der Waals surface area contributed by atoms with Crippen LogP contribution in [0.15, 0.2) is 30.4 Å². The van der Waals surface area contributed by atoms with Gasteiger partial charge in [0.1, 0.15) is 6.61 Å². The van der Waals surface area contributed by atoms with E-state index in [-0.39, 0.29) is 49.7 Å². The number of esters is 2. The van der Waals surface area contributed by atoms with Crippen LogP contribution in [-0.4, -0.2) is 64.2 Å². The lowest BCUT2D eigenvalue weighted by molar-refractivity contribution is -0.201. The van der Waals surface area contributed by atoms with Crippen LogP contribution in [0.1, 0.15) is 93.0 Å². The molecule has 4 rings (SSSR count). The first-order valence-electron chi connectivity index (χ1n) is 15.6. The average molecular weight is 599 g/mol. The Balaban J connectivity index is 1.73. The number of carbonyl (C=O) groups is 3. The van der Waals surface area contributed by atoms with Crippen molar-refractivity contribution in [3.8, 4) is 11.5 Å². The molecule has 4 unspecified atom stereocenters. The first-order valence-corrected chi connectivity index (χ1v) is 15.6. The summed E-state index contributed by atoms with van der Waals surface area (Å²) >= 11 is 0. The third kappa shape index (κ3) is 9.41. The highest BCUT2D eigenvalue weighted by Crippen LogP contribution is 2.40. The van der Waals surface area contributed by atoms with Gasteiger partial charge in [-0.15, -0.1) is 0 Å². The monoisotopic (exact) mass is 598 g/mol. The largest absolute Gasteiger partial charge is 0.493 e. The number of rotatable bonds is 11. The molecule has 1 aromatic carbocycles. The number of hydrogen-bond donors (Lipinski definition) is 0. The summed E-state index contributed by atoms with van der Waals surface area (Å²) in [5.74, 6) is 0.686. The second-order valence-corrected chi connectivity index (χ2v) is 11.6. The molecule has 4 atom stereocenters. The zero-order chi connectivity index (χ0) is 30.6. The molecular weight excluding hydrogens is 552 g/mol. The molecule has 9 heteroatoms. The van der Waals surface area contributed by atoms with E-state index in [0.717, 1.165) is 51.4 Å². The van der Waals surface area contributed by atoms with Crippen molar-refractivity contribution in [2.75, 3.05) is 34.0 Å². The number of fused-ring (bicyclic) bond motifs is 3. The van der Waals surface area contributed by atoms with Crippen molar-refractivity contribution in [3.63, 3.8) is 0 Å². The summed E-state index contributed by atoms with van der Waals surface area (Å²) < 4.78 is 34.4. The van der Waals surface area contributed by atoms with E-state index in [0.29, 0.717) is 60.0 Å². The SMILES string of the molecule is C=CCOC(=O)/C1=C\c2cc(OCCCC(=O)OC)c(OC)cc2C(=O)CCC2CCCC(C2)C(OC2CCCCO2)C1. The van der Waals surface area contributed by atoms with Crippen molar-refractivity contribution >= 4 is 23.8 Å². The third-order valence-electron chi connectivity index (χ3n) is 8.59. The van der Waals surface area contributed by atoms with E-state index < -0.39 is 5.97 Å². The molecule has 0 N–H and O–H groups in total. The molecule has 1 aliphatic heterocycles. The van der Waals surface area contributed by atoms with Crippen molar-refractivity contribution in [2.24, 2.45) is 11.8 Å². The summed E-state index contributed by atoms with van der Waals surface area (Å²) in [6, 6.07) is 3.42. The van der Waals surface area contributed by atoms with E-state index >= 15 is 0 Å². The lowest BCUT2D eigenvalue weighted by Crippen LogP contribution is -2.36. The molecule has 2 bridgehead atoms. The van der Waals surface area contributed by atoms with Crippen LogP contribution in [0.2, 0.25) is 0 Å². The van der Waals surface area contributed by atoms with Gasteiger partial charge < -0.3 is 28.4 Å². The van der Waals surface area contributed by atoms with Crippen molar-refractivity contribution < 1.29 is 42.8 Å². The fourth-order valence-corrected chi connectivity index (χ4v) is 6.28. The molecule has 236 valence electrons. The van der Waals surface area contributed by atoms with Gasteiger partial charge in [0.15, 0.2) is 23.6 Å². The van der Waals surface area contributed by atoms with Gasteiger partial charge in [0.25, 0.3) is 0 Å². The summed E-state index contributed by atoms with van der Waals surface area (Å²) in [5, 5.41) is 0. The fraction of sp³-hybridized carbons (Fsp3) is 0.618. The number of Topliss-reactive ketones (excluding diaryl/α,β-unsaturated/α-hetero) is 1. The molecule has 2 aliphatic carbocycles. The number of carbonyl (C=O) groups excluding carboxylic acids is 3. The van der Waals surface area contributed by atoms with Crippen LogP contribution in [0.4, 0.5) is 0 Å². The van der Waals surface area contributed by atoms with Crippen LogP contribution < -0.4 is 9.47 Å². The highest BCUT2D eigenvalue weighted by atomic mass is 16.7. The van der Waals surface area contributed by atoms with E-state index in [9.17, 15) is 14.4 Å². The highest BCUT2D eigenvalue weighted by Gasteiger charge is 2.34. The van der Waals surface area contributed by atoms with Crippen LogP contribution in [0, 0.1) is 11.8 Å². The van der Waals surface area contributed by atoms with Crippen LogP contribution in [0.3, 0.4) is 0 Å². The van der Waals surface area contributed by atoms with Crippen molar-refractivity contribution in [1.29, 1.82) is 0 Å². The minimum absolute atomic E-state index is 0.00768. The van der Waals surface area contributed by atoms with Gasteiger partial charge in [0, 0.05) is 37.0 Å². The Bertz CT molecular complexity index is 1150. The van der Waals surface area contributed by atoms with E-state index in [1.807, 2.05) is 0 Å². The predicted octanol–water partition coefficient (Wildman–Crippen LogP) is 6.22. The quantitative estimate of drug-likeness (QED) is 0.167. The minimum atomic E-state index is -0.475. The normalized spacial score (nSPS) is 25.5. The molecule has 0 radical (unpaired) electrons. The van der Waals surface area contributed by atoms with Gasteiger partial charge >= 0.3 is 11.9 Å². The lowest BCUT2D eigenvalue weighted by Gasteiger charge is -2.37. The van der Waals surface area contributed by atoms with E-state index in [1.54, 1.807) is 18.2 Å². The summed E-state index contributed by atoms with van der Waals surface area (Å²) in [6.45, 7) is 4.67. The third-order valence-corrected chi connectivity index (χ3v) is 8.59. The molecule has 1 saturated carbocycles. The smallest absolute Gasteiger partial charge is 0.334 e. The number of ketones is 1. The Morgan fingerprint density at radius 1 is 1.07 bits per heavy atom. The summed E-state index contributed by atoms with van der Waals surface area (Å²) in [7, 11) is 2.87. The molecule has 9 nitrogen and oxygen atoms in total. The first-order chi connectivity index (χ1) is 20.9. The fourth-order valence-electron chi connectivity index (χ4n) is 6.28. The van der Waals surface area contributed by atoms with Crippen molar-refractivity contribution in [1.82, 2.24) is 0 Å². The van der Waals surface area contributed by atoms with Gasteiger partial charge in [-0.2, -0.15) is 0 Å². The van der Waals surface area contributed by atoms with Gasteiger partial charge in [0.05, 0.1) is 26.9 Å². The van der Waals surface area contributed by atoms with E-state index in [2.05, 4.69) is 6.58 Å². The van der Waals surface area contributed by atoms with Gasteiger partial charge in [-0.25, -0.2) is 4.79 Å². The Kier molecular flexibility index (Phi) is 12.7. The molecule has 0 amide bonds. The van der Waals surface area contributed by atoms with E-state index in [1.165, 1.54) is 20.3 Å². The zero-order valence-corrected chi connectivity index (χ0v) is 25.6. The molecular formula is C34H46O9. The van der Waals surface area contributed by atoms with E-state index in [4.69, 9.17) is 28.4 Å². The maximum absolute atomic E-state index is 13.7. The standard InChI is InChI=1S/C34H46O9/c1-4-15-42-34(37)26-19-25-20-31(40-17-8-11-32(36)39-3)30(38-2)22-27(25)28(35)14-13-23-9-7-10-24(18-23)29(21-26)43-33-12-5-6-16-41-33/h4,19-20,22-24,29,33H,1,5-18,21H2,2-3H3/b26-19-. The predicted molar refractivity (Wildman–Crippen MR) is 161 cm³/mol. The van der Waals surface area contributed by atoms with Gasteiger partial charge in [-0.3, -0.25) is 9.59 Å². The number of methoxy groups -OCH3 is 2. The Morgan fingerprint density at radius 3 is 2.67 bits per heavy atom. The lowest BCUT2D eigenvalue weighted by atomic mass is 9.75. The second-order valence-electron chi connectivity index (χ2n) is 11.6. The van der Waals surface area contributed by atoms with Crippen LogP contribution in [0.5, 0.6) is 11.5 Å². The van der Waals surface area contributed by atoms with Crippen molar-refractivity contribution in [2.45, 2.75) is 89.4 Å². The number of hydrogen-bond acceptors (Lipinski definition) is 9. The summed E-state index contributed by atoms with van der Waals surface area (Å²) in [5.41, 5.74) is 1.44. The molecule has 3 aliphatic rings. The second kappa shape index (κ2) is 16.6. The molecule has 0 aromatic heterocycles. The highest BCUT2D eigenvalue weighted by molar-refractivity contribution is 6.02. The van der Waals surface area contributed by atoms with Gasteiger partial charge in [0.2, 0.25) is 0 Å². The summed E-state index contributed by atoms with van der Waals surface area (Å²) in [6.07, 6.45) is 12.0. The number of benzene rings is 1. The average Bonchev–Trinajstić information content (AvgIpc) is 3.03. The van der Waals surface area contributed by atoms with Crippen LogP contribution in [0.25, 0.3) is 6.08 Å². The van der Waals surface area contributed by atoms with Crippen molar-refractivity contribution in [3.05, 3.63) is 41.5 Å². The maximum atomic E-state index is 13.7. The van der Waals surface area contributed by atoms with Gasteiger partial charge in [-0.05, 0) is 80.6 Å². The molecule has 43 heavy (non-hydrogen) atoms. The summed E-state index contributed by atoms with van der Waals surface area (Å²) in [4.78, 5) is 38.7. The van der Waals surface area contributed by atoms with Crippen LogP contribution in [-0.2, 0) is 28.5 Å². The number of ether oxygens (including phenoxy) is 6. The molecule has 1 saturated heterocycles. The van der Waals surface area contributed by atoms with Crippen LogP contribution >= 0.6 is 0 Å². The maximum Gasteiger partial charge on any atom is 0.334 e. The first kappa shape index (κ1) is 32.7. The Labute approximate surface area is 254 Å². The molecule has 1 heterocycles. The zero-order valence-electron chi connectivity index (χ0n) is 25.6.